The second-order valence-electron chi connectivity index (χ2n) is 5.05. The fourth-order valence-corrected chi connectivity index (χ4v) is 2.19. The molecule has 0 saturated carbocycles. The van der Waals surface area contributed by atoms with Gasteiger partial charge in [-0.25, -0.2) is 4.39 Å². The van der Waals surface area contributed by atoms with E-state index in [0.29, 0.717) is 12.1 Å². The van der Waals surface area contributed by atoms with Crippen molar-refractivity contribution in [3.63, 3.8) is 0 Å². The molecule has 0 aliphatic carbocycles. The van der Waals surface area contributed by atoms with Crippen molar-refractivity contribution in [2.45, 2.75) is 12.1 Å². The van der Waals surface area contributed by atoms with Gasteiger partial charge < -0.3 is 5.32 Å². The van der Waals surface area contributed by atoms with Crippen molar-refractivity contribution >= 4 is 17.5 Å². The Labute approximate surface area is 143 Å². The zero-order chi connectivity index (χ0) is 18.8. The molecule has 2 aromatic rings. The molecule has 0 bridgehead atoms. The molecule has 0 aliphatic rings. The first kappa shape index (κ1) is 19.1. The van der Waals surface area contributed by atoms with Gasteiger partial charge >= 0.3 is 6.18 Å². The second kappa shape index (κ2) is 6.95. The molecular formula is C16H10ClF6NO. The van der Waals surface area contributed by atoms with Gasteiger partial charge in [0.15, 0.2) is 0 Å². The van der Waals surface area contributed by atoms with Crippen LogP contribution in [0.2, 0.25) is 5.02 Å². The molecule has 2 nitrogen and oxygen atoms in total. The zero-order valence-electron chi connectivity index (χ0n) is 12.3. The average Bonchev–Trinajstić information content (AvgIpc) is 2.52. The van der Waals surface area contributed by atoms with Gasteiger partial charge in [-0.3, -0.25) is 4.79 Å². The standard InChI is InChI=1S/C16H10ClF6NO/c17-10-6-4-9(5-7-10)15(19,20)8-24-14(25)13-11(16(21,22)23)2-1-3-12(13)18/h1-7H,8H2,(H,24,25). The molecule has 0 fully saturated rings. The summed E-state index contributed by atoms with van der Waals surface area (Å²) in [5.41, 5.74) is -3.37. The van der Waals surface area contributed by atoms with Crippen molar-refractivity contribution < 1.29 is 31.1 Å². The van der Waals surface area contributed by atoms with Crippen molar-refractivity contribution in [3.05, 3.63) is 70.0 Å². The Hall–Kier alpha value is -2.22. The number of hydrogen-bond donors (Lipinski definition) is 1. The first-order chi connectivity index (χ1) is 11.5. The van der Waals surface area contributed by atoms with Crippen LogP contribution in [-0.4, -0.2) is 12.5 Å². The van der Waals surface area contributed by atoms with E-state index in [9.17, 15) is 31.1 Å². The normalized spacial score (nSPS) is 12.1. The molecule has 2 aromatic carbocycles. The Morgan fingerprint density at radius 3 is 2.16 bits per heavy atom. The molecule has 0 heterocycles. The Kier molecular flexibility index (Phi) is 5.31. The molecule has 0 saturated heterocycles. The molecule has 1 amide bonds. The smallest absolute Gasteiger partial charge is 0.346 e. The third-order valence-corrected chi connectivity index (χ3v) is 3.54. The lowest BCUT2D eigenvalue weighted by atomic mass is 10.0. The number of rotatable bonds is 4. The molecule has 0 aliphatic heterocycles. The van der Waals surface area contributed by atoms with E-state index in [-0.39, 0.29) is 5.02 Å². The monoisotopic (exact) mass is 381 g/mol. The molecule has 0 atom stereocenters. The number of alkyl halides is 5. The van der Waals surface area contributed by atoms with E-state index in [1.807, 2.05) is 0 Å². The molecule has 1 N–H and O–H groups in total. The second-order valence-corrected chi connectivity index (χ2v) is 5.49. The summed E-state index contributed by atoms with van der Waals surface area (Å²) in [7, 11) is 0. The zero-order valence-corrected chi connectivity index (χ0v) is 13.1. The van der Waals surface area contributed by atoms with Crippen LogP contribution < -0.4 is 5.32 Å². The van der Waals surface area contributed by atoms with Crippen molar-refractivity contribution in [1.29, 1.82) is 0 Å². The first-order valence-electron chi connectivity index (χ1n) is 6.80. The SMILES string of the molecule is O=C(NCC(F)(F)c1ccc(Cl)cc1)c1c(F)cccc1C(F)(F)F. The van der Waals surface area contributed by atoms with Crippen LogP contribution >= 0.6 is 11.6 Å². The third-order valence-electron chi connectivity index (χ3n) is 3.28. The maximum Gasteiger partial charge on any atom is 0.417 e. The van der Waals surface area contributed by atoms with E-state index in [1.165, 1.54) is 12.1 Å². The van der Waals surface area contributed by atoms with Gasteiger partial charge in [0.05, 0.1) is 17.7 Å². The summed E-state index contributed by atoms with van der Waals surface area (Å²) in [4.78, 5) is 11.9. The van der Waals surface area contributed by atoms with Gasteiger partial charge in [0.25, 0.3) is 11.8 Å². The topological polar surface area (TPSA) is 29.1 Å². The van der Waals surface area contributed by atoms with E-state index in [1.54, 1.807) is 5.32 Å². The van der Waals surface area contributed by atoms with Gasteiger partial charge in [-0.15, -0.1) is 0 Å². The molecule has 0 radical (unpaired) electrons. The number of benzene rings is 2. The Morgan fingerprint density at radius 2 is 1.60 bits per heavy atom. The number of halogens is 7. The highest BCUT2D eigenvalue weighted by Crippen LogP contribution is 2.33. The maximum atomic E-state index is 14.0. The average molecular weight is 382 g/mol. The summed E-state index contributed by atoms with van der Waals surface area (Å²) in [5, 5.41) is 1.86. The van der Waals surface area contributed by atoms with Gasteiger partial charge in [-0.05, 0) is 24.3 Å². The fourth-order valence-electron chi connectivity index (χ4n) is 2.07. The lowest BCUT2D eigenvalue weighted by molar-refractivity contribution is -0.138. The van der Waals surface area contributed by atoms with Crippen LogP contribution in [0.4, 0.5) is 26.3 Å². The molecule has 25 heavy (non-hydrogen) atoms. The highest BCUT2D eigenvalue weighted by atomic mass is 35.5. The Bertz CT molecular complexity index is 773. The quantitative estimate of drug-likeness (QED) is 0.740. The summed E-state index contributed by atoms with van der Waals surface area (Å²) in [6, 6.07) is 6.34. The fraction of sp³-hybridized carbons (Fsp3) is 0.188. The lowest BCUT2D eigenvalue weighted by Gasteiger charge is -2.19. The molecule has 9 heteroatoms. The van der Waals surface area contributed by atoms with Gasteiger partial charge in [-0.1, -0.05) is 29.8 Å². The number of amides is 1. The summed E-state index contributed by atoms with van der Waals surface area (Å²) in [5.74, 6) is -6.62. The van der Waals surface area contributed by atoms with E-state index < -0.39 is 47.1 Å². The van der Waals surface area contributed by atoms with Crippen LogP contribution in [0.5, 0.6) is 0 Å². The largest absolute Gasteiger partial charge is 0.417 e. The van der Waals surface area contributed by atoms with Gasteiger partial charge in [0.1, 0.15) is 5.82 Å². The summed E-state index contributed by atoms with van der Waals surface area (Å²) < 4.78 is 80.3. The van der Waals surface area contributed by atoms with Gasteiger partial charge in [0, 0.05) is 10.6 Å². The summed E-state index contributed by atoms with van der Waals surface area (Å²) in [6.07, 6.45) is -5.01. The van der Waals surface area contributed by atoms with E-state index >= 15 is 0 Å². The van der Waals surface area contributed by atoms with E-state index in [2.05, 4.69) is 0 Å². The Morgan fingerprint density at radius 1 is 1.00 bits per heavy atom. The van der Waals surface area contributed by atoms with Gasteiger partial charge in [-0.2, -0.15) is 22.0 Å². The third kappa shape index (κ3) is 4.45. The minimum Gasteiger partial charge on any atom is -0.346 e. The number of nitrogens with one attached hydrogen (secondary N) is 1. The van der Waals surface area contributed by atoms with Crippen molar-refractivity contribution in [2.24, 2.45) is 0 Å². The first-order valence-corrected chi connectivity index (χ1v) is 7.18. The predicted molar refractivity (Wildman–Crippen MR) is 79.1 cm³/mol. The summed E-state index contributed by atoms with van der Waals surface area (Å²) in [6.45, 7) is -1.31. The van der Waals surface area contributed by atoms with Crippen LogP contribution in [0.25, 0.3) is 0 Å². The highest BCUT2D eigenvalue weighted by molar-refractivity contribution is 6.30. The highest BCUT2D eigenvalue weighted by Gasteiger charge is 2.38. The van der Waals surface area contributed by atoms with Crippen LogP contribution in [0.3, 0.4) is 0 Å². The lowest BCUT2D eigenvalue weighted by Crippen LogP contribution is -2.36. The minimum atomic E-state index is -5.01. The van der Waals surface area contributed by atoms with E-state index in [0.717, 1.165) is 18.2 Å². The van der Waals surface area contributed by atoms with Crippen LogP contribution in [0, 0.1) is 5.82 Å². The van der Waals surface area contributed by atoms with Crippen LogP contribution in [0.1, 0.15) is 21.5 Å². The number of hydrogen-bond acceptors (Lipinski definition) is 1. The maximum absolute atomic E-state index is 14.0. The Balaban J connectivity index is 2.22. The molecular weight excluding hydrogens is 372 g/mol. The van der Waals surface area contributed by atoms with Gasteiger partial charge in [0.2, 0.25) is 0 Å². The number of carbonyl (C=O) groups excluding carboxylic acids is 1. The molecule has 0 spiro atoms. The molecule has 134 valence electrons. The van der Waals surface area contributed by atoms with Crippen molar-refractivity contribution in [3.8, 4) is 0 Å². The predicted octanol–water partition coefficient (Wildman–Crippen LogP) is 5.02. The molecule has 0 unspecified atom stereocenters. The van der Waals surface area contributed by atoms with E-state index in [4.69, 9.17) is 11.6 Å². The van der Waals surface area contributed by atoms with Crippen molar-refractivity contribution in [2.75, 3.05) is 6.54 Å². The molecule has 2 rings (SSSR count). The minimum absolute atomic E-state index is 0.213. The number of carbonyl (C=O) groups is 1. The van der Waals surface area contributed by atoms with Crippen LogP contribution in [0.15, 0.2) is 42.5 Å². The summed E-state index contributed by atoms with van der Waals surface area (Å²) >= 11 is 5.58. The molecule has 0 aromatic heterocycles. The van der Waals surface area contributed by atoms with Crippen molar-refractivity contribution in [1.82, 2.24) is 5.32 Å². The van der Waals surface area contributed by atoms with Crippen LogP contribution in [-0.2, 0) is 12.1 Å².